The fourth-order valence-corrected chi connectivity index (χ4v) is 3.97. The molecular formula is C22H19FN2O3S. The molecule has 0 saturated heterocycles. The molecule has 0 aliphatic rings. The largest absolute Gasteiger partial charge is 0.494 e. The molecule has 5 nitrogen and oxygen atoms in total. The molecular weight excluding hydrogens is 391 g/mol. The number of carbonyl (C=O) groups is 1. The number of halogens is 1. The van der Waals surface area contributed by atoms with Gasteiger partial charge in [0.05, 0.1) is 36.1 Å². The molecule has 0 saturated carbocycles. The van der Waals surface area contributed by atoms with Crippen molar-refractivity contribution in [2.75, 3.05) is 11.5 Å². The lowest BCUT2D eigenvalue weighted by atomic mass is 10.1. The first-order valence-electron chi connectivity index (χ1n) is 9.23. The number of carbonyl (C=O) groups excluding carboxylic acids is 1. The summed E-state index contributed by atoms with van der Waals surface area (Å²) in [5, 5.41) is 0.512. The highest BCUT2D eigenvalue weighted by Crippen LogP contribution is 2.31. The first kappa shape index (κ1) is 19.1. The Hall–Kier alpha value is -3.19. The number of nitrogens with zero attached hydrogens (tertiary/aromatic N) is 2. The zero-order chi connectivity index (χ0) is 20.2. The van der Waals surface area contributed by atoms with Crippen LogP contribution in [0.3, 0.4) is 0 Å². The van der Waals surface area contributed by atoms with Crippen LogP contribution in [0, 0.1) is 5.82 Å². The summed E-state index contributed by atoms with van der Waals surface area (Å²) < 4.78 is 25.1. The van der Waals surface area contributed by atoms with Crippen LogP contribution in [0.2, 0.25) is 0 Å². The minimum atomic E-state index is -0.328. The summed E-state index contributed by atoms with van der Waals surface area (Å²) in [6.45, 7) is 2.77. The fraction of sp³-hybridized carbons (Fsp3) is 0.182. The third kappa shape index (κ3) is 4.46. The molecule has 4 rings (SSSR count). The third-order valence-electron chi connectivity index (χ3n) is 4.35. The first-order valence-corrected chi connectivity index (χ1v) is 10.0. The molecule has 148 valence electrons. The summed E-state index contributed by atoms with van der Waals surface area (Å²) in [5.41, 5.74) is 1.53. The van der Waals surface area contributed by atoms with Crippen molar-refractivity contribution in [3.63, 3.8) is 0 Å². The van der Waals surface area contributed by atoms with Crippen molar-refractivity contribution in [2.24, 2.45) is 0 Å². The monoisotopic (exact) mass is 410 g/mol. The SMILES string of the molecule is CCOc1ccc(CC(=O)N(Cc2ccco2)c2nc3ccc(F)cc3s2)cc1. The van der Waals surface area contributed by atoms with Crippen LogP contribution >= 0.6 is 11.3 Å². The van der Waals surface area contributed by atoms with E-state index < -0.39 is 0 Å². The maximum atomic E-state index is 13.6. The van der Waals surface area contributed by atoms with E-state index in [2.05, 4.69) is 4.98 Å². The number of rotatable bonds is 7. The van der Waals surface area contributed by atoms with Gasteiger partial charge in [0.25, 0.3) is 0 Å². The van der Waals surface area contributed by atoms with Crippen molar-refractivity contribution < 1.29 is 18.3 Å². The quantitative estimate of drug-likeness (QED) is 0.420. The molecule has 0 atom stereocenters. The van der Waals surface area contributed by atoms with E-state index in [0.29, 0.717) is 27.7 Å². The number of hydrogen-bond acceptors (Lipinski definition) is 5. The van der Waals surface area contributed by atoms with Crippen LogP contribution in [0.4, 0.5) is 9.52 Å². The molecule has 0 spiro atoms. The van der Waals surface area contributed by atoms with Crippen molar-refractivity contribution in [1.29, 1.82) is 0 Å². The predicted molar refractivity (Wildman–Crippen MR) is 111 cm³/mol. The zero-order valence-electron chi connectivity index (χ0n) is 15.8. The molecule has 29 heavy (non-hydrogen) atoms. The van der Waals surface area contributed by atoms with Crippen LogP contribution in [0.1, 0.15) is 18.2 Å². The topological polar surface area (TPSA) is 55.6 Å². The minimum absolute atomic E-state index is 0.120. The van der Waals surface area contributed by atoms with Crippen LogP contribution in [0.5, 0.6) is 5.75 Å². The van der Waals surface area contributed by atoms with Gasteiger partial charge in [0.15, 0.2) is 5.13 Å². The van der Waals surface area contributed by atoms with Gasteiger partial charge in [0.1, 0.15) is 17.3 Å². The van der Waals surface area contributed by atoms with Gasteiger partial charge in [-0.05, 0) is 55.0 Å². The van der Waals surface area contributed by atoms with E-state index >= 15 is 0 Å². The molecule has 0 fully saturated rings. The normalized spacial score (nSPS) is 11.0. The second-order valence-corrected chi connectivity index (χ2v) is 7.43. The number of aromatic nitrogens is 1. The molecule has 0 aliphatic carbocycles. The number of furan rings is 1. The van der Waals surface area contributed by atoms with Gasteiger partial charge in [-0.2, -0.15) is 0 Å². The number of anilines is 1. The maximum absolute atomic E-state index is 13.6. The molecule has 0 unspecified atom stereocenters. The molecule has 1 amide bonds. The highest BCUT2D eigenvalue weighted by Gasteiger charge is 2.22. The average Bonchev–Trinajstić information content (AvgIpc) is 3.36. The second-order valence-electron chi connectivity index (χ2n) is 6.42. The predicted octanol–water partition coefficient (Wildman–Crippen LogP) is 5.20. The van der Waals surface area contributed by atoms with Gasteiger partial charge in [-0.25, -0.2) is 9.37 Å². The van der Waals surface area contributed by atoms with Gasteiger partial charge < -0.3 is 9.15 Å². The summed E-state index contributed by atoms with van der Waals surface area (Å²) in [6, 6.07) is 15.5. The summed E-state index contributed by atoms with van der Waals surface area (Å²) in [5.74, 6) is 0.968. The van der Waals surface area contributed by atoms with Crippen LogP contribution in [0.25, 0.3) is 10.2 Å². The van der Waals surface area contributed by atoms with E-state index in [1.54, 1.807) is 23.3 Å². The Kier molecular flexibility index (Phi) is 5.57. The van der Waals surface area contributed by atoms with Gasteiger partial charge >= 0.3 is 0 Å². The van der Waals surface area contributed by atoms with Crippen LogP contribution in [-0.2, 0) is 17.8 Å². The van der Waals surface area contributed by atoms with Gasteiger partial charge in [-0.15, -0.1) is 0 Å². The Bertz CT molecular complexity index is 1110. The van der Waals surface area contributed by atoms with Crippen LogP contribution in [-0.4, -0.2) is 17.5 Å². The number of amides is 1. The summed E-state index contributed by atoms with van der Waals surface area (Å²) in [6.07, 6.45) is 1.77. The van der Waals surface area contributed by atoms with Crippen molar-refractivity contribution in [1.82, 2.24) is 4.98 Å². The molecule has 7 heteroatoms. The molecule has 0 aliphatic heterocycles. The molecule has 0 N–H and O–H groups in total. The van der Waals surface area contributed by atoms with Gasteiger partial charge in [0.2, 0.25) is 5.91 Å². The first-order chi connectivity index (χ1) is 14.1. The van der Waals surface area contributed by atoms with E-state index in [4.69, 9.17) is 9.15 Å². The molecule has 0 bridgehead atoms. The molecule has 2 aromatic heterocycles. The van der Waals surface area contributed by atoms with E-state index in [1.165, 1.54) is 23.5 Å². The van der Waals surface area contributed by atoms with Crippen molar-refractivity contribution in [3.05, 3.63) is 78.0 Å². The smallest absolute Gasteiger partial charge is 0.233 e. The summed E-state index contributed by atoms with van der Waals surface area (Å²) >= 11 is 1.28. The Morgan fingerprint density at radius 1 is 1.21 bits per heavy atom. The molecule has 2 aromatic carbocycles. The number of ether oxygens (including phenoxy) is 1. The Morgan fingerprint density at radius 3 is 2.76 bits per heavy atom. The van der Waals surface area contributed by atoms with Crippen molar-refractivity contribution in [2.45, 2.75) is 19.9 Å². The van der Waals surface area contributed by atoms with Crippen molar-refractivity contribution in [3.8, 4) is 5.75 Å². The highest BCUT2D eigenvalue weighted by molar-refractivity contribution is 7.22. The molecule has 2 heterocycles. The minimum Gasteiger partial charge on any atom is -0.494 e. The van der Waals surface area contributed by atoms with Crippen molar-refractivity contribution >= 4 is 32.6 Å². The Labute approximate surface area is 171 Å². The second kappa shape index (κ2) is 8.45. The van der Waals surface area contributed by atoms with E-state index in [9.17, 15) is 9.18 Å². The standard InChI is InChI=1S/C22H19FN2O3S/c1-2-27-17-8-5-15(6-9-17)12-21(26)25(14-18-4-3-11-28-18)22-24-19-10-7-16(23)13-20(19)29-22/h3-11,13H,2,12,14H2,1H3. The number of hydrogen-bond donors (Lipinski definition) is 0. The lowest BCUT2D eigenvalue weighted by molar-refractivity contribution is -0.118. The fourth-order valence-electron chi connectivity index (χ4n) is 2.96. The number of benzene rings is 2. The lowest BCUT2D eigenvalue weighted by Gasteiger charge is -2.19. The van der Waals surface area contributed by atoms with E-state index in [-0.39, 0.29) is 24.7 Å². The van der Waals surface area contributed by atoms with Crippen LogP contribution in [0.15, 0.2) is 65.3 Å². The van der Waals surface area contributed by atoms with Gasteiger partial charge in [0, 0.05) is 0 Å². The Morgan fingerprint density at radius 2 is 2.03 bits per heavy atom. The molecule has 0 radical (unpaired) electrons. The Balaban J connectivity index is 1.61. The zero-order valence-corrected chi connectivity index (χ0v) is 16.6. The maximum Gasteiger partial charge on any atom is 0.233 e. The van der Waals surface area contributed by atoms with Gasteiger partial charge in [-0.3, -0.25) is 9.69 Å². The van der Waals surface area contributed by atoms with Crippen LogP contribution < -0.4 is 9.64 Å². The highest BCUT2D eigenvalue weighted by atomic mass is 32.1. The molecule has 4 aromatic rings. The lowest BCUT2D eigenvalue weighted by Crippen LogP contribution is -2.31. The number of fused-ring (bicyclic) bond motifs is 1. The van der Waals surface area contributed by atoms with E-state index in [0.717, 1.165) is 11.3 Å². The van der Waals surface area contributed by atoms with Gasteiger partial charge in [-0.1, -0.05) is 23.5 Å². The third-order valence-corrected chi connectivity index (χ3v) is 5.40. The summed E-state index contributed by atoms with van der Waals surface area (Å²) in [7, 11) is 0. The average molecular weight is 410 g/mol. The van der Waals surface area contributed by atoms with E-state index in [1.807, 2.05) is 37.3 Å². The number of thiazole rings is 1. The summed E-state index contributed by atoms with van der Waals surface area (Å²) in [4.78, 5) is 19.3.